The van der Waals surface area contributed by atoms with Crippen LogP contribution in [0.15, 0.2) is 42.7 Å². The van der Waals surface area contributed by atoms with E-state index in [0.717, 1.165) is 6.42 Å². The molecule has 0 bridgehead atoms. The third kappa shape index (κ3) is 3.25. The maximum Gasteiger partial charge on any atom is 0.261 e. The number of hydrogen-bond acceptors (Lipinski definition) is 0. The average Bonchev–Trinajstić information content (AvgIpc) is 2.84. The van der Waals surface area contributed by atoms with E-state index in [-0.39, 0.29) is 0 Å². The molecular weight excluding hydrogens is 232 g/mol. The first-order valence-electron chi connectivity index (χ1n) is 7.40. The van der Waals surface area contributed by atoms with Crippen molar-refractivity contribution in [2.75, 3.05) is 0 Å². The maximum absolute atomic E-state index is 2.39. The summed E-state index contributed by atoms with van der Waals surface area (Å²) in [5, 5.41) is 0. The van der Waals surface area contributed by atoms with Gasteiger partial charge in [0.1, 0.15) is 18.1 Å². The molecule has 0 aliphatic rings. The fourth-order valence-corrected chi connectivity index (χ4v) is 2.51. The highest BCUT2D eigenvalue weighted by Gasteiger charge is 2.19. The maximum atomic E-state index is 2.39. The van der Waals surface area contributed by atoms with Crippen molar-refractivity contribution in [3.8, 4) is 5.69 Å². The highest BCUT2D eigenvalue weighted by atomic mass is 15.2. The van der Waals surface area contributed by atoms with E-state index in [2.05, 4.69) is 72.6 Å². The van der Waals surface area contributed by atoms with Gasteiger partial charge in [-0.2, -0.15) is 4.57 Å². The smallest absolute Gasteiger partial charge is 0.232 e. The van der Waals surface area contributed by atoms with Crippen molar-refractivity contribution < 1.29 is 4.57 Å². The quantitative estimate of drug-likeness (QED) is 0.544. The number of para-hydroxylation sites is 1. The molecule has 19 heavy (non-hydrogen) atoms. The Bertz CT molecular complexity index is 497. The molecule has 1 aromatic heterocycles. The Hall–Kier alpha value is -1.57. The molecule has 0 aliphatic heterocycles. The monoisotopic (exact) mass is 257 g/mol. The Morgan fingerprint density at radius 1 is 1.11 bits per heavy atom. The van der Waals surface area contributed by atoms with Crippen LogP contribution >= 0.6 is 0 Å². The summed E-state index contributed by atoms with van der Waals surface area (Å²) < 4.78 is 4.72. The number of unbranched alkanes of at least 4 members (excludes halogenated alkanes) is 2. The predicted octanol–water partition coefficient (Wildman–Crippen LogP) is 4.08. The summed E-state index contributed by atoms with van der Waals surface area (Å²) >= 11 is 0. The van der Waals surface area contributed by atoms with Gasteiger partial charge in [-0.3, -0.25) is 0 Å². The molecule has 0 amide bonds. The Morgan fingerprint density at radius 3 is 2.47 bits per heavy atom. The first-order valence-corrected chi connectivity index (χ1v) is 7.40. The normalized spacial score (nSPS) is 11.2. The molecule has 0 fully saturated rings. The van der Waals surface area contributed by atoms with Crippen molar-refractivity contribution in [3.63, 3.8) is 0 Å². The summed E-state index contributed by atoms with van der Waals surface area (Å²) in [6.07, 6.45) is 9.38. The van der Waals surface area contributed by atoms with Crippen molar-refractivity contribution in [1.82, 2.24) is 4.57 Å². The van der Waals surface area contributed by atoms with E-state index in [0.29, 0.717) is 6.04 Å². The fraction of sp³-hybridized carbons (Fsp3) is 0.471. The topological polar surface area (TPSA) is 8.81 Å². The van der Waals surface area contributed by atoms with Crippen LogP contribution in [-0.2, 0) is 6.42 Å². The van der Waals surface area contributed by atoms with E-state index in [1.54, 1.807) is 0 Å². The highest BCUT2D eigenvalue weighted by Crippen LogP contribution is 2.13. The number of rotatable bonds is 6. The van der Waals surface area contributed by atoms with Crippen LogP contribution in [0.4, 0.5) is 0 Å². The molecule has 0 atom stereocenters. The van der Waals surface area contributed by atoms with Gasteiger partial charge in [0.2, 0.25) is 0 Å². The third-order valence-electron chi connectivity index (χ3n) is 3.55. The van der Waals surface area contributed by atoms with Crippen molar-refractivity contribution >= 4 is 0 Å². The molecule has 0 spiro atoms. The first kappa shape index (κ1) is 13.9. The minimum Gasteiger partial charge on any atom is -0.232 e. The molecular formula is C17H25N2+. The summed E-state index contributed by atoms with van der Waals surface area (Å²) in [6, 6.07) is 11.1. The van der Waals surface area contributed by atoms with Gasteiger partial charge in [0, 0.05) is 6.42 Å². The zero-order valence-electron chi connectivity index (χ0n) is 12.3. The standard InChI is InChI=1S/C17H25N2/c1-4-5-7-12-17-18(15(2)3)13-14-19(17)16-10-8-6-9-11-16/h6,8-11,13-15H,4-5,7,12H2,1-3H3/q+1. The van der Waals surface area contributed by atoms with Crippen LogP contribution in [0.25, 0.3) is 5.69 Å². The van der Waals surface area contributed by atoms with Crippen LogP contribution in [0.1, 0.15) is 51.9 Å². The minimum absolute atomic E-state index is 0.515. The summed E-state index contributed by atoms with van der Waals surface area (Å²) in [7, 11) is 0. The molecule has 1 aromatic carbocycles. The molecule has 0 saturated heterocycles. The zero-order chi connectivity index (χ0) is 13.7. The molecule has 0 N–H and O–H groups in total. The van der Waals surface area contributed by atoms with Gasteiger partial charge in [-0.15, -0.1) is 0 Å². The third-order valence-corrected chi connectivity index (χ3v) is 3.55. The van der Waals surface area contributed by atoms with E-state index in [1.165, 1.54) is 30.8 Å². The average molecular weight is 257 g/mol. The molecule has 2 rings (SSSR count). The molecule has 0 radical (unpaired) electrons. The molecule has 2 heteroatoms. The van der Waals surface area contributed by atoms with E-state index in [4.69, 9.17) is 0 Å². The van der Waals surface area contributed by atoms with Crippen LogP contribution in [0, 0.1) is 0 Å². The molecule has 0 saturated carbocycles. The molecule has 0 aliphatic carbocycles. The number of imidazole rings is 1. The lowest BCUT2D eigenvalue weighted by Crippen LogP contribution is -2.39. The minimum atomic E-state index is 0.515. The lowest BCUT2D eigenvalue weighted by Gasteiger charge is -2.07. The van der Waals surface area contributed by atoms with Gasteiger partial charge in [-0.05, 0) is 32.4 Å². The van der Waals surface area contributed by atoms with Gasteiger partial charge in [0.05, 0.1) is 6.04 Å². The Labute approximate surface area is 116 Å². The van der Waals surface area contributed by atoms with Crippen molar-refractivity contribution in [1.29, 1.82) is 0 Å². The number of benzene rings is 1. The predicted molar refractivity (Wildman–Crippen MR) is 79.6 cm³/mol. The number of aromatic nitrogens is 2. The van der Waals surface area contributed by atoms with Gasteiger partial charge in [-0.1, -0.05) is 38.0 Å². The van der Waals surface area contributed by atoms with E-state index in [9.17, 15) is 0 Å². The number of nitrogens with zero attached hydrogens (tertiary/aromatic N) is 2. The largest absolute Gasteiger partial charge is 0.261 e. The Balaban J connectivity index is 2.32. The summed E-state index contributed by atoms with van der Waals surface area (Å²) in [4.78, 5) is 0. The zero-order valence-corrected chi connectivity index (χ0v) is 12.3. The second-order valence-corrected chi connectivity index (χ2v) is 5.38. The van der Waals surface area contributed by atoms with Gasteiger partial charge in [0.25, 0.3) is 5.82 Å². The van der Waals surface area contributed by atoms with E-state index >= 15 is 0 Å². The Morgan fingerprint density at radius 2 is 1.84 bits per heavy atom. The van der Waals surface area contributed by atoms with Crippen LogP contribution < -0.4 is 4.57 Å². The van der Waals surface area contributed by atoms with E-state index < -0.39 is 0 Å². The van der Waals surface area contributed by atoms with Crippen molar-refractivity contribution in [2.45, 2.75) is 52.5 Å². The second kappa shape index (κ2) is 6.55. The van der Waals surface area contributed by atoms with Crippen LogP contribution in [-0.4, -0.2) is 4.57 Å². The second-order valence-electron chi connectivity index (χ2n) is 5.38. The van der Waals surface area contributed by atoms with Gasteiger partial charge in [-0.25, -0.2) is 4.57 Å². The molecule has 0 unspecified atom stereocenters. The summed E-state index contributed by atoms with van der Waals surface area (Å²) in [6.45, 7) is 6.75. The molecule has 2 nitrogen and oxygen atoms in total. The van der Waals surface area contributed by atoms with Gasteiger partial charge < -0.3 is 0 Å². The lowest BCUT2D eigenvalue weighted by molar-refractivity contribution is -0.722. The Kier molecular flexibility index (Phi) is 4.78. The van der Waals surface area contributed by atoms with Crippen LogP contribution in [0.3, 0.4) is 0 Å². The fourth-order valence-electron chi connectivity index (χ4n) is 2.51. The number of hydrogen-bond donors (Lipinski definition) is 0. The molecule has 2 aromatic rings. The van der Waals surface area contributed by atoms with Gasteiger partial charge in [0.15, 0.2) is 0 Å². The molecule has 1 heterocycles. The SMILES string of the molecule is CCCCCc1n(-c2ccccc2)cc[n+]1C(C)C. The van der Waals surface area contributed by atoms with E-state index in [1.807, 2.05) is 0 Å². The van der Waals surface area contributed by atoms with Crippen LogP contribution in [0.2, 0.25) is 0 Å². The molecule has 102 valence electrons. The summed E-state index contributed by atoms with van der Waals surface area (Å²) in [5.41, 5.74) is 1.26. The highest BCUT2D eigenvalue weighted by molar-refractivity contribution is 5.31. The van der Waals surface area contributed by atoms with Gasteiger partial charge >= 0.3 is 0 Å². The van der Waals surface area contributed by atoms with Crippen molar-refractivity contribution in [2.24, 2.45) is 0 Å². The summed E-state index contributed by atoms with van der Waals surface area (Å²) in [5.74, 6) is 1.41. The lowest BCUT2D eigenvalue weighted by atomic mass is 10.2. The first-order chi connectivity index (χ1) is 9.24. The van der Waals surface area contributed by atoms with Crippen LogP contribution in [0.5, 0.6) is 0 Å². The van der Waals surface area contributed by atoms with Crippen molar-refractivity contribution in [3.05, 3.63) is 48.5 Å².